The Morgan fingerprint density at radius 2 is 1.23 bits per heavy atom. The Morgan fingerprint density at radius 3 is 1.80 bits per heavy atom. The molecule has 2 saturated heterocycles. The van der Waals surface area contributed by atoms with Crippen LogP contribution >= 0.6 is 0 Å². The van der Waals surface area contributed by atoms with E-state index in [2.05, 4.69) is 0 Å². The van der Waals surface area contributed by atoms with Crippen molar-refractivity contribution in [3.05, 3.63) is 58.1 Å². The number of aromatic hydroxyl groups is 11. The van der Waals surface area contributed by atoms with Crippen molar-refractivity contribution in [1.29, 1.82) is 0 Å². The molecular weight excluding hydrogens is 964 g/mol. The summed E-state index contributed by atoms with van der Waals surface area (Å²) in [6, 6.07) is 2.54. The molecule has 0 saturated carbocycles. The standard InChI is InChI=1S/C43H34O28/c1-63-20(49)8-43-24(34(40(61)64-2)69-42(43)62)23-13(7-18(48)28(53)33(23)71-43)39(60)67-32-19-9-65-37(58)11-5-16(46)26(51)29(54)21(11)22-12(6-17(47)27(52)30(22)55)38(59)68-35(32)31(56)41(66-19)70-36(57)10-3-14(44)25(50)15(45)4-10/h3-7,19,24,31-32,34-35,41,44-48,50-56H,8-9H2,1-2H3/t19-,24-,31-,32-,34-,35-,41-,43-/m1/s1. The van der Waals surface area contributed by atoms with Crippen molar-refractivity contribution in [2.45, 2.75) is 54.7 Å². The molecule has 0 unspecified atom stereocenters. The van der Waals surface area contributed by atoms with Crippen LogP contribution in [0.25, 0.3) is 11.1 Å². The maximum Gasteiger partial charge on any atom is 0.352 e. The maximum absolute atomic E-state index is 14.7. The molecular formula is C43H34O28. The third-order valence-electron chi connectivity index (χ3n) is 11.7. The van der Waals surface area contributed by atoms with Crippen LogP contribution in [0.2, 0.25) is 0 Å². The Balaban J connectivity index is 1.29. The van der Waals surface area contributed by atoms with Crippen LogP contribution in [0.15, 0.2) is 30.3 Å². The summed E-state index contributed by atoms with van der Waals surface area (Å²) in [7, 11) is 1.79. The van der Waals surface area contributed by atoms with Gasteiger partial charge in [-0.1, -0.05) is 0 Å². The summed E-state index contributed by atoms with van der Waals surface area (Å²) >= 11 is 0. The van der Waals surface area contributed by atoms with Gasteiger partial charge < -0.3 is 104 Å². The highest BCUT2D eigenvalue weighted by Crippen LogP contribution is 2.60. The summed E-state index contributed by atoms with van der Waals surface area (Å²) in [4.78, 5) is 95.9. The van der Waals surface area contributed by atoms with E-state index in [-0.39, 0.29) is 0 Å². The Hall–Kier alpha value is -9.31. The number of hydrogen-bond donors (Lipinski definition) is 12. The van der Waals surface area contributed by atoms with Crippen LogP contribution in [0.4, 0.5) is 0 Å². The van der Waals surface area contributed by atoms with Crippen LogP contribution in [0.3, 0.4) is 0 Å². The zero-order valence-electron chi connectivity index (χ0n) is 35.7. The Bertz CT molecular complexity index is 2990. The molecule has 0 aliphatic carbocycles. The zero-order chi connectivity index (χ0) is 51.9. The molecule has 8 atom stereocenters. The van der Waals surface area contributed by atoms with E-state index >= 15 is 0 Å². The third-order valence-corrected chi connectivity index (χ3v) is 11.7. The molecule has 4 aromatic rings. The Labute approximate surface area is 392 Å². The largest absolute Gasteiger partial charge is 0.504 e. The molecule has 0 amide bonds. The van der Waals surface area contributed by atoms with E-state index < -0.39 is 211 Å². The molecule has 8 rings (SSSR count). The van der Waals surface area contributed by atoms with Crippen LogP contribution < -0.4 is 4.74 Å². The van der Waals surface area contributed by atoms with Crippen molar-refractivity contribution in [2.24, 2.45) is 0 Å². The summed E-state index contributed by atoms with van der Waals surface area (Å²) in [5.74, 6) is -27.1. The zero-order valence-corrected chi connectivity index (χ0v) is 35.7. The van der Waals surface area contributed by atoms with Gasteiger partial charge in [0, 0.05) is 16.7 Å². The van der Waals surface area contributed by atoms with Gasteiger partial charge in [0.15, 0.2) is 70.1 Å². The number of aliphatic hydroxyl groups is 1. The summed E-state index contributed by atoms with van der Waals surface area (Å²) < 4.78 is 48.2. The van der Waals surface area contributed by atoms with Crippen molar-refractivity contribution in [3.63, 3.8) is 0 Å². The molecule has 28 nitrogen and oxygen atoms in total. The van der Waals surface area contributed by atoms with Crippen molar-refractivity contribution >= 4 is 41.8 Å². The van der Waals surface area contributed by atoms with Gasteiger partial charge >= 0.3 is 41.8 Å². The predicted molar refractivity (Wildman–Crippen MR) is 216 cm³/mol. The number of aliphatic hydroxyl groups excluding tert-OH is 1. The second kappa shape index (κ2) is 17.3. The molecule has 4 aromatic carbocycles. The number of phenolic OH excluding ortho intramolecular Hbond substituents is 11. The minimum Gasteiger partial charge on any atom is -0.504 e. The first kappa shape index (κ1) is 48.2. The SMILES string of the molecule is COC(=O)C[C@@]12Oc3c(O)c(O)cc(C(=O)O[C@H]4[C@@H]5OC(=O)c6cc(O)c(O)c(O)c6-c6c(cc(O)c(O)c6O)C(=O)OC[C@H]4O[C@H](OC(=O)c4cc(O)c(O)c(O)c4)[C@@H]5O)c3[C@@H]1[C@H](C(=O)OC)OC2=O. The van der Waals surface area contributed by atoms with E-state index in [0.29, 0.717) is 30.3 Å². The van der Waals surface area contributed by atoms with Crippen molar-refractivity contribution in [3.8, 4) is 80.1 Å². The molecule has 0 aromatic heterocycles. The lowest BCUT2D eigenvalue weighted by Crippen LogP contribution is -2.62. The van der Waals surface area contributed by atoms with Gasteiger partial charge in [0.1, 0.15) is 12.7 Å². The average Bonchev–Trinajstić information content (AvgIpc) is 3.81. The van der Waals surface area contributed by atoms with Crippen molar-refractivity contribution in [2.75, 3.05) is 20.8 Å². The molecule has 0 spiro atoms. The molecule has 2 bridgehead atoms. The molecule has 4 aliphatic rings. The van der Waals surface area contributed by atoms with Gasteiger partial charge in [0.2, 0.25) is 35.2 Å². The van der Waals surface area contributed by atoms with E-state index in [1.165, 1.54) is 0 Å². The minimum atomic E-state index is -2.61. The average molecular weight is 999 g/mol. The summed E-state index contributed by atoms with van der Waals surface area (Å²) in [5.41, 5.74) is -9.24. The molecule has 4 aliphatic heterocycles. The second-order valence-electron chi connectivity index (χ2n) is 15.8. The number of fused-ring (bicyclic) bond motifs is 8. The molecule has 4 heterocycles. The number of benzene rings is 4. The van der Waals surface area contributed by atoms with Crippen LogP contribution in [0.5, 0.6) is 69.0 Å². The number of carbonyl (C=O) groups is 7. The van der Waals surface area contributed by atoms with Crippen LogP contribution in [0, 0.1) is 0 Å². The lowest BCUT2D eigenvalue weighted by molar-refractivity contribution is -0.283. The number of ether oxygens (including phenoxy) is 9. The highest BCUT2D eigenvalue weighted by atomic mass is 16.7. The predicted octanol–water partition coefficient (Wildman–Crippen LogP) is -0.144. The van der Waals surface area contributed by atoms with Crippen LogP contribution in [0.1, 0.15) is 59.3 Å². The fourth-order valence-electron chi connectivity index (χ4n) is 8.39. The van der Waals surface area contributed by atoms with E-state index in [0.717, 1.165) is 14.2 Å². The number of rotatable bonds is 7. The summed E-state index contributed by atoms with van der Waals surface area (Å²) in [6.45, 7) is -1.28. The first-order valence-electron chi connectivity index (χ1n) is 20.0. The van der Waals surface area contributed by atoms with Gasteiger partial charge in [0.05, 0.1) is 48.8 Å². The monoisotopic (exact) mass is 998 g/mol. The number of phenols is 11. The highest BCUT2D eigenvalue weighted by Gasteiger charge is 2.69. The molecule has 28 heteroatoms. The second-order valence-corrected chi connectivity index (χ2v) is 15.8. The minimum absolute atomic E-state index is 0.383. The van der Waals surface area contributed by atoms with E-state index in [4.69, 9.17) is 42.6 Å². The fraction of sp³-hybridized carbons (Fsp3) is 0.279. The first-order valence-corrected chi connectivity index (χ1v) is 20.0. The lowest BCUT2D eigenvalue weighted by Gasteiger charge is -2.42. The van der Waals surface area contributed by atoms with Gasteiger partial charge in [-0.3, -0.25) is 4.79 Å². The van der Waals surface area contributed by atoms with E-state index in [1.54, 1.807) is 0 Å². The normalized spacial score (nSPS) is 24.1. The van der Waals surface area contributed by atoms with Gasteiger partial charge in [-0.2, -0.15) is 0 Å². The third kappa shape index (κ3) is 7.61. The number of cyclic esters (lactones) is 2. The Kier molecular flexibility index (Phi) is 11.8. The van der Waals surface area contributed by atoms with E-state index in [1.807, 2.05) is 0 Å². The van der Waals surface area contributed by atoms with Gasteiger partial charge in [-0.05, 0) is 30.3 Å². The van der Waals surface area contributed by atoms with Crippen molar-refractivity contribution < 1.29 is 137 Å². The maximum atomic E-state index is 14.7. The molecule has 374 valence electrons. The quantitative estimate of drug-likeness (QED) is 0.0651. The number of esters is 7. The molecule has 71 heavy (non-hydrogen) atoms. The topological polar surface area (TPSA) is 445 Å². The van der Waals surface area contributed by atoms with Crippen LogP contribution in [-0.2, 0) is 52.3 Å². The first-order chi connectivity index (χ1) is 33.4. The number of carbonyl (C=O) groups excluding carboxylic acids is 7. The summed E-state index contributed by atoms with van der Waals surface area (Å²) in [5, 5.41) is 128. The van der Waals surface area contributed by atoms with Crippen molar-refractivity contribution in [1.82, 2.24) is 0 Å². The molecule has 0 radical (unpaired) electrons. The fourth-order valence-corrected chi connectivity index (χ4v) is 8.39. The molecule has 12 N–H and O–H groups in total. The molecule has 2 fully saturated rings. The van der Waals surface area contributed by atoms with Gasteiger partial charge in [-0.15, -0.1) is 0 Å². The number of hydrogen-bond acceptors (Lipinski definition) is 28. The summed E-state index contributed by atoms with van der Waals surface area (Å²) in [6.07, 6.45) is -15.3. The van der Waals surface area contributed by atoms with E-state index in [9.17, 15) is 94.8 Å². The number of methoxy groups -OCH3 is 2. The Morgan fingerprint density at radius 1 is 0.662 bits per heavy atom. The smallest absolute Gasteiger partial charge is 0.352 e. The van der Waals surface area contributed by atoms with Gasteiger partial charge in [0.25, 0.3) is 0 Å². The lowest BCUT2D eigenvalue weighted by atomic mass is 9.78. The highest BCUT2D eigenvalue weighted by molar-refractivity contribution is 6.08. The van der Waals surface area contributed by atoms with Gasteiger partial charge in [-0.25, -0.2) is 28.8 Å². The van der Waals surface area contributed by atoms with Crippen LogP contribution in [-0.4, -0.2) is 166 Å².